The van der Waals surface area contributed by atoms with E-state index in [1.54, 1.807) is 14.2 Å². The number of ether oxygens (including phenoxy) is 2. The molecule has 0 aromatic heterocycles. The Balaban J connectivity index is 1.65. The monoisotopic (exact) mass is 449 g/mol. The summed E-state index contributed by atoms with van der Waals surface area (Å²) >= 11 is 0. The highest BCUT2D eigenvalue weighted by atomic mass is 16.5. The maximum atomic E-state index is 13.2. The van der Waals surface area contributed by atoms with Crippen molar-refractivity contribution in [1.29, 1.82) is 0 Å². The zero-order chi connectivity index (χ0) is 23.4. The Labute approximate surface area is 197 Å². The first kappa shape index (κ1) is 20.5. The number of hydrogen-bond donors (Lipinski definition) is 1. The molecule has 0 bridgehead atoms. The van der Waals surface area contributed by atoms with Crippen LogP contribution < -0.4 is 9.47 Å². The average Bonchev–Trinajstić information content (AvgIpc) is 3.13. The minimum Gasteiger partial charge on any atom is -0.497 e. The Hall–Kier alpha value is -4.09. The molecule has 4 aromatic rings. The molecule has 34 heavy (non-hydrogen) atoms. The summed E-state index contributed by atoms with van der Waals surface area (Å²) in [5.41, 5.74) is 2.83. The second kappa shape index (κ2) is 7.47. The van der Waals surface area contributed by atoms with Gasteiger partial charge in [-0.2, -0.15) is 0 Å². The van der Waals surface area contributed by atoms with E-state index in [-0.39, 0.29) is 5.91 Å². The predicted molar refractivity (Wildman–Crippen MR) is 131 cm³/mol. The smallest absolute Gasteiger partial charge is 0.257 e. The number of fused-ring (bicyclic) bond motifs is 6. The van der Waals surface area contributed by atoms with Gasteiger partial charge >= 0.3 is 0 Å². The lowest BCUT2D eigenvalue weighted by Gasteiger charge is -2.37. The predicted octanol–water partition coefficient (Wildman–Crippen LogP) is 5.27. The molecule has 2 heterocycles. The maximum Gasteiger partial charge on any atom is 0.257 e. The normalized spacial score (nSPS) is 20.7. The van der Waals surface area contributed by atoms with Gasteiger partial charge in [-0.25, -0.2) is 0 Å². The highest BCUT2D eigenvalue weighted by Gasteiger charge is 2.43. The first-order valence-corrected chi connectivity index (χ1v) is 11.2. The van der Waals surface area contributed by atoms with E-state index in [0.717, 1.165) is 27.6 Å². The van der Waals surface area contributed by atoms with E-state index in [4.69, 9.17) is 9.47 Å². The third-order valence-corrected chi connectivity index (χ3v) is 6.87. The van der Waals surface area contributed by atoms with Crippen LogP contribution in [0, 0.1) is 0 Å². The van der Waals surface area contributed by atoms with Crippen molar-refractivity contribution in [2.24, 2.45) is 0 Å². The van der Waals surface area contributed by atoms with E-state index >= 15 is 0 Å². The van der Waals surface area contributed by atoms with Gasteiger partial charge in [-0.1, -0.05) is 66.7 Å². The number of amides is 1. The molecule has 0 fully saturated rings. The number of rotatable bonds is 3. The highest BCUT2D eigenvalue weighted by Crippen LogP contribution is 2.50. The van der Waals surface area contributed by atoms with Crippen molar-refractivity contribution in [1.82, 2.24) is 4.90 Å². The molecule has 2 aliphatic heterocycles. The fraction of sp³-hybridized carbons (Fsp3) is 0.138. The molecule has 1 amide bonds. The molecule has 2 unspecified atom stereocenters. The Bertz CT molecular complexity index is 1460. The molecular formula is C29H23NO4. The summed E-state index contributed by atoms with van der Waals surface area (Å²) in [7, 11) is 3.26. The Kier molecular flexibility index (Phi) is 4.51. The van der Waals surface area contributed by atoms with Gasteiger partial charge in [-0.15, -0.1) is 0 Å². The number of benzene rings is 4. The molecule has 0 radical (unpaired) electrons. The van der Waals surface area contributed by atoms with Gasteiger partial charge in [0.2, 0.25) is 0 Å². The topological polar surface area (TPSA) is 59.0 Å². The summed E-state index contributed by atoms with van der Waals surface area (Å²) < 4.78 is 12.3. The first-order valence-electron chi connectivity index (χ1n) is 11.2. The van der Waals surface area contributed by atoms with Gasteiger partial charge < -0.3 is 19.5 Å². The maximum absolute atomic E-state index is 13.2. The largest absolute Gasteiger partial charge is 0.497 e. The van der Waals surface area contributed by atoms with Crippen molar-refractivity contribution in [3.05, 3.63) is 113 Å². The number of carbonyl (C=O) groups is 1. The summed E-state index contributed by atoms with van der Waals surface area (Å²) in [6, 6.07) is 25.6. The van der Waals surface area contributed by atoms with Gasteiger partial charge in [0.1, 0.15) is 11.5 Å². The summed E-state index contributed by atoms with van der Waals surface area (Å²) in [5, 5.41) is 12.5. The van der Waals surface area contributed by atoms with Gasteiger partial charge in [0.25, 0.3) is 5.91 Å². The van der Waals surface area contributed by atoms with Crippen molar-refractivity contribution in [2.45, 2.75) is 11.8 Å². The minimum absolute atomic E-state index is 0.214. The van der Waals surface area contributed by atoms with Gasteiger partial charge in [-0.3, -0.25) is 4.79 Å². The fourth-order valence-corrected chi connectivity index (χ4v) is 5.10. The lowest BCUT2D eigenvalue weighted by Crippen LogP contribution is -2.34. The van der Waals surface area contributed by atoms with E-state index in [9.17, 15) is 9.90 Å². The van der Waals surface area contributed by atoms with Gasteiger partial charge in [0.05, 0.1) is 12.7 Å². The molecule has 0 spiro atoms. The molecule has 2 atom stereocenters. The second-order valence-corrected chi connectivity index (χ2v) is 8.63. The van der Waals surface area contributed by atoms with Crippen LogP contribution in [0.5, 0.6) is 11.5 Å². The van der Waals surface area contributed by atoms with Crippen molar-refractivity contribution in [3.8, 4) is 11.5 Å². The van der Waals surface area contributed by atoms with Crippen LogP contribution in [0.25, 0.3) is 16.8 Å². The molecule has 2 aliphatic rings. The van der Waals surface area contributed by atoms with Crippen LogP contribution >= 0.6 is 0 Å². The van der Waals surface area contributed by atoms with Crippen LogP contribution in [0.1, 0.15) is 38.8 Å². The number of carbonyl (C=O) groups excluding carboxylic acids is 1. The standard InChI is InChI=1S/C29H23NO4/c1-30-27(31)24-21-10-6-7-11-22(21)26-23(25(24)28(30)32)16-17-29(34-26,18-8-4-3-5-9-18)19-12-14-20(33-2)15-13-19/h3-17,27,31H,1-2H3. The third-order valence-electron chi connectivity index (χ3n) is 6.87. The summed E-state index contributed by atoms with van der Waals surface area (Å²) in [6.07, 6.45) is 2.97. The van der Waals surface area contributed by atoms with Crippen LogP contribution in [0.4, 0.5) is 0 Å². The number of aliphatic hydroxyl groups is 1. The number of aliphatic hydroxyl groups excluding tert-OH is 1. The Morgan fingerprint density at radius 2 is 1.56 bits per heavy atom. The van der Waals surface area contributed by atoms with E-state index in [2.05, 4.69) is 0 Å². The number of methoxy groups -OCH3 is 1. The highest BCUT2D eigenvalue weighted by molar-refractivity contribution is 6.11. The molecule has 0 aliphatic carbocycles. The van der Waals surface area contributed by atoms with Crippen molar-refractivity contribution >= 4 is 22.8 Å². The van der Waals surface area contributed by atoms with E-state index in [0.29, 0.717) is 22.4 Å². The van der Waals surface area contributed by atoms with E-state index in [1.165, 1.54) is 4.90 Å². The van der Waals surface area contributed by atoms with Crippen molar-refractivity contribution in [2.75, 3.05) is 14.2 Å². The number of hydrogen-bond acceptors (Lipinski definition) is 4. The minimum atomic E-state index is -0.992. The SMILES string of the molecule is COc1ccc(C2(c3ccccc3)C=Cc3c4c(c5ccccc5c3O2)C(O)N(C)C4=O)cc1. The molecule has 168 valence electrons. The first-order chi connectivity index (χ1) is 16.5. The van der Waals surface area contributed by atoms with Gasteiger partial charge in [0, 0.05) is 34.7 Å². The van der Waals surface area contributed by atoms with E-state index < -0.39 is 11.8 Å². The van der Waals surface area contributed by atoms with Crippen LogP contribution in [-0.4, -0.2) is 30.1 Å². The molecule has 5 nitrogen and oxygen atoms in total. The van der Waals surface area contributed by atoms with Crippen LogP contribution in [0.2, 0.25) is 0 Å². The summed E-state index contributed by atoms with van der Waals surface area (Å²) in [5.74, 6) is 1.18. The van der Waals surface area contributed by atoms with Gasteiger partial charge in [0.15, 0.2) is 11.8 Å². The van der Waals surface area contributed by atoms with Crippen LogP contribution in [-0.2, 0) is 5.60 Å². The zero-order valence-corrected chi connectivity index (χ0v) is 18.9. The molecule has 1 N–H and O–H groups in total. The third kappa shape index (κ3) is 2.74. The molecule has 0 saturated heterocycles. The van der Waals surface area contributed by atoms with Crippen LogP contribution in [0.3, 0.4) is 0 Å². The molecular weight excluding hydrogens is 426 g/mol. The van der Waals surface area contributed by atoms with Gasteiger partial charge in [-0.05, 0) is 29.7 Å². The molecule has 4 aromatic carbocycles. The van der Waals surface area contributed by atoms with E-state index in [1.807, 2.05) is 91.0 Å². The molecule has 5 heteroatoms. The average molecular weight is 450 g/mol. The van der Waals surface area contributed by atoms with Crippen molar-refractivity contribution < 1.29 is 19.4 Å². The second-order valence-electron chi connectivity index (χ2n) is 8.63. The lowest BCUT2D eigenvalue weighted by molar-refractivity contribution is 0.0307. The zero-order valence-electron chi connectivity index (χ0n) is 18.9. The number of nitrogens with zero attached hydrogens (tertiary/aromatic N) is 1. The van der Waals surface area contributed by atoms with Crippen molar-refractivity contribution in [3.63, 3.8) is 0 Å². The lowest BCUT2D eigenvalue weighted by atomic mass is 9.82. The Morgan fingerprint density at radius 3 is 2.26 bits per heavy atom. The molecule has 6 rings (SSSR count). The summed E-state index contributed by atoms with van der Waals surface area (Å²) in [6.45, 7) is 0. The Morgan fingerprint density at radius 1 is 0.912 bits per heavy atom. The fourth-order valence-electron chi connectivity index (χ4n) is 5.10. The quantitative estimate of drug-likeness (QED) is 0.463. The van der Waals surface area contributed by atoms with Crippen LogP contribution in [0.15, 0.2) is 84.9 Å². The molecule has 0 saturated carbocycles. The summed E-state index contributed by atoms with van der Waals surface area (Å²) in [4.78, 5) is 14.5.